The molecule has 56 valence electrons. The maximum atomic E-state index is 4.32. The summed E-state index contributed by atoms with van der Waals surface area (Å²) in [6.07, 6.45) is 0. The maximum absolute atomic E-state index is 4.32. The van der Waals surface area contributed by atoms with E-state index in [1.807, 2.05) is 29.9 Å². The molecule has 3 heteroatoms. The van der Waals surface area contributed by atoms with Crippen molar-refractivity contribution in [2.75, 3.05) is 0 Å². The van der Waals surface area contributed by atoms with Crippen LogP contribution in [0.4, 0.5) is 0 Å². The summed E-state index contributed by atoms with van der Waals surface area (Å²) in [5, 5.41) is 5.55. The van der Waals surface area contributed by atoms with Crippen LogP contribution in [0, 0.1) is 3.70 Å². The van der Waals surface area contributed by atoms with E-state index in [1.54, 1.807) is 0 Å². The van der Waals surface area contributed by atoms with Gasteiger partial charge in [0.05, 0.1) is 5.52 Å². The molecule has 11 heavy (non-hydrogen) atoms. The fourth-order valence-electron chi connectivity index (χ4n) is 1.12. The summed E-state index contributed by atoms with van der Waals surface area (Å²) >= 11 is 2.30. The highest BCUT2D eigenvalue weighted by Crippen LogP contribution is 2.18. The van der Waals surface area contributed by atoms with Gasteiger partial charge in [0.2, 0.25) is 0 Å². The van der Waals surface area contributed by atoms with Crippen LogP contribution in [0.3, 0.4) is 0 Å². The van der Waals surface area contributed by atoms with E-state index >= 15 is 0 Å². The summed E-state index contributed by atoms with van der Waals surface area (Å²) in [6, 6.07) is 8.15. The van der Waals surface area contributed by atoms with Crippen LogP contribution in [0.2, 0.25) is 0 Å². The van der Waals surface area contributed by atoms with Crippen LogP contribution in [0.15, 0.2) is 24.3 Å². The van der Waals surface area contributed by atoms with E-state index < -0.39 is 0 Å². The maximum Gasteiger partial charge on any atom is 0.106 e. The Morgan fingerprint density at radius 2 is 2.09 bits per heavy atom. The predicted octanol–water partition coefficient (Wildman–Crippen LogP) is 2.18. The zero-order valence-corrected chi connectivity index (χ0v) is 8.24. The summed E-state index contributed by atoms with van der Waals surface area (Å²) in [6.45, 7) is 0. The monoisotopic (exact) mass is 258 g/mol. The summed E-state index contributed by atoms with van der Waals surface area (Å²) in [4.78, 5) is 0. The molecule has 2 rings (SSSR count). The second-order valence-corrected chi connectivity index (χ2v) is 3.45. The van der Waals surface area contributed by atoms with Gasteiger partial charge in [-0.2, -0.15) is 5.10 Å². The van der Waals surface area contributed by atoms with Gasteiger partial charge in [-0.1, -0.05) is 18.2 Å². The second kappa shape index (κ2) is 2.48. The van der Waals surface area contributed by atoms with Crippen molar-refractivity contribution < 1.29 is 0 Å². The van der Waals surface area contributed by atoms with Crippen molar-refractivity contribution in [3.05, 3.63) is 28.0 Å². The molecule has 0 saturated carbocycles. The highest BCUT2D eigenvalue weighted by molar-refractivity contribution is 14.1. The van der Waals surface area contributed by atoms with Gasteiger partial charge in [0.25, 0.3) is 0 Å². The first-order valence-corrected chi connectivity index (χ1v) is 4.44. The normalized spacial score (nSPS) is 10.7. The number of hydrogen-bond acceptors (Lipinski definition) is 1. The second-order valence-electron chi connectivity index (χ2n) is 2.43. The summed E-state index contributed by atoms with van der Waals surface area (Å²) in [5.74, 6) is 0. The molecular weight excluding hydrogens is 251 g/mol. The number of hydrogen-bond donors (Lipinski definition) is 0. The van der Waals surface area contributed by atoms with Crippen molar-refractivity contribution >= 4 is 33.5 Å². The van der Waals surface area contributed by atoms with Crippen molar-refractivity contribution in [3.8, 4) is 0 Å². The molecule has 2 nitrogen and oxygen atoms in total. The van der Waals surface area contributed by atoms with Crippen LogP contribution in [0.5, 0.6) is 0 Å². The van der Waals surface area contributed by atoms with E-state index in [1.165, 1.54) is 9.09 Å². The molecule has 0 saturated heterocycles. The third-order valence-corrected chi connectivity index (χ3v) is 2.95. The minimum atomic E-state index is 1.07. The van der Waals surface area contributed by atoms with E-state index in [0.29, 0.717) is 0 Å². The summed E-state index contributed by atoms with van der Waals surface area (Å²) in [7, 11) is 1.96. The fourth-order valence-corrected chi connectivity index (χ4v) is 1.68. The lowest BCUT2D eigenvalue weighted by Gasteiger charge is -1.87. The number of fused-ring (bicyclic) bond motifs is 1. The number of rotatable bonds is 0. The van der Waals surface area contributed by atoms with Gasteiger partial charge in [-0.25, -0.2) is 0 Å². The first-order valence-electron chi connectivity index (χ1n) is 3.36. The predicted molar refractivity (Wildman–Crippen MR) is 53.4 cm³/mol. The van der Waals surface area contributed by atoms with Crippen molar-refractivity contribution in [1.82, 2.24) is 9.78 Å². The van der Waals surface area contributed by atoms with Gasteiger partial charge in [0.1, 0.15) is 3.70 Å². The standard InChI is InChI=1S/C8H7IN2/c1-11-8(9)6-4-2-3-5-7(6)10-11/h2-5H,1H3. The van der Waals surface area contributed by atoms with Crippen LogP contribution >= 0.6 is 22.6 Å². The largest absolute Gasteiger partial charge is 0.261 e. The molecule has 0 unspecified atom stereocenters. The smallest absolute Gasteiger partial charge is 0.106 e. The Bertz CT molecular complexity index is 392. The van der Waals surface area contributed by atoms with E-state index in [2.05, 4.69) is 33.8 Å². The van der Waals surface area contributed by atoms with E-state index in [4.69, 9.17) is 0 Å². The highest BCUT2D eigenvalue weighted by Gasteiger charge is 2.02. The molecule has 0 amide bonds. The van der Waals surface area contributed by atoms with Gasteiger partial charge >= 0.3 is 0 Å². The van der Waals surface area contributed by atoms with Crippen molar-refractivity contribution in [3.63, 3.8) is 0 Å². The Labute approximate surface area is 78.3 Å². The molecule has 1 heterocycles. The highest BCUT2D eigenvalue weighted by atomic mass is 127. The first kappa shape index (κ1) is 7.09. The van der Waals surface area contributed by atoms with Crippen LogP contribution < -0.4 is 0 Å². The van der Waals surface area contributed by atoms with Crippen LogP contribution in [0.25, 0.3) is 10.9 Å². The Balaban J connectivity index is 2.92. The molecule has 1 aromatic carbocycles. The van der Waals surface area contributed by atoms with Crippen molar-refractivity contribution in [2.45, 2.75) is 0 Å². The third-order valence-electron chi connectivity index (χ3n) is 1.67. The quantitative estimate of drug-likeness (QED) is 0.662. The number of nitrogens with zero attached hydrogens (tertiary/aromatic N) is 2. The molecule has 0 spiro atoms. The number of benzene rings is 1. The zero-order valence-electron chi connectivity index (χ0n) is 6.08. The number of aryl methyl sites for hydroxylation is 1. The first-order chi connectivity index (χ1) is 5.29. The molecule has 0 aliphatic heterocycles. The minimum Gasteiger partial charge on any atom is -0.261 e. The average Bonchev–Trinajstić information content (AvgIpc) is 2.30. The number of aromatic nitrogens is 2. The van der Waals surface area contributed by atoms with Gasteiger partial charge in [0, 0.05) is 12.4 Å². The Hall–Kier alpha value is -0.580. The fraction of sp³-hybridized carbons (Fsp3) is 0.125. The number of halogens is 1. The van der Waals surface area contributed by atoms with Gasteiger partial charge in [0.15, 0.2) is 0 Å². The van der Waals surface area contributed by atoms with Gasteiger partial charge in [-0.3, -0.25) is 4.68 Å². The van der Waals surface area contributed by atoms with E-state index in [-0.39, 0.29) is 0 Å². The molecular formula is C8H7IN2. The van der Waals surface area contributed by atoms with Crippen molar-refractivity contribution in [1.29, 1.82) is 0 Å². The molecule has 0 aliphatic carbocycles. The van der Waals surface area contributed by atoms with Gasteiger partial charge < -0.3 is 0 Å². The third kappa shape index (κ3) is 1.03. The Morgan fingerprint density at radius 3 is 2.82 bits per heavy atom. The van der Waals surface area contributed by atoms with Crippen molar-refractivity contribution in [2.24, 2.45) is 7.05 Å². The lowest BCUT2D eigenvalue weighted by Crippen LogP contribution is -1.91. The zero-order chi connectivity index (χ0) is 7.84. The van der Waals surface area contributed by atoms with E-state index in [9.17, 15) is 0 Å². The molecule has 1 aromatic heterocycles. The Kier molecular flexibility index (Phi) is 1.60. The topological polar surface area (TPSA) is 17.8 Å². The molecule has 0 fully saturated rings. The van der Waals surface area contributed by atoms with Crippen LogP contribution in [-0.2, 0) is 7.05 Å². The molecule has 0 N–H and O–H groups in total. The minimum absolute atomic E-state index is 1.07. The molecule has 0 radical (unpaired) electrons. The molecule has 2 aromatic rings. The van der Waals surface area contributed by atoms with E-state index in [0.717, 1.165) is 5.52 Å². The molecule has 0 atom stereocenters. The lowest BCUT2D eigenvalue weighted by molar-refractivity contribution is 0.759. The van der Waals surface area contributed by atoms with Gasteiger partial charge in [-0.15, -0.1) is 0 Å². The Morgan fingerprint density at radius 1 is 1.36 bits per heavy atom. The summed E-state index contributed by atoms with van der Waals surface area (Å²) < 4.78 is 3.09. The lowest BCUT2D eigenvalue weighted by atomic mass is 10.3. The average molecular weight is 258 g/mol. The summed E-state index contributed by atoms with van der Waals surface area (Å²) in [5.41, 5.74) is 1.07. The van der Waals surface area contributed by atoms with Gasteiger partial charge in [-0.05, 0) is 28.7 Å². The SMILES string of the molecule is Cn1nc2ccccc2c1I. The molecule has 0 aliphatic rings. The van der Waals surface area contributed by atoms with Crippen LogP contribution in [-0.4, -0.2) is 9.78 Å². The molecule has 0 bridgehead atoms. The van der Waals surface area contributed by atoms with Crippen LogP contribution in [0.1, 0.15) is 0 Å².